The summed E-state index contributed by atoms with van der Waals surface area (Å²) in [5.74, 6) is -0.665. The first-order valence-electron chi connectivity index (χ1n) is 6.67. The van der Waals surface area contributed by atoms with Crippen LogP contribution in [0.2, 0.25) is 0 Å². The van der Waals surface area contributed by atoms with Gasteiger partial charge >= 0.3 is 0 Å². The number of anilines is 1. The van der Waals surface area contributed by atoms with Crippen LogP contribution in [0.15, 0.2) is 18.2 Å². The van der Waals surface area contributed by atoms with E-state index in [2.05, 4.69) is 0 Å². The summed E-state index contributed by atoms with van der Waals surface area (Å²) < 4.78 is 0. The van der Waals surface area contributed by atoms with Gasteiger partial charge in [-0.2, -0.15) is 0 Å². The van der Waals surface area contributed by atoms with Crippen LogP contribution in [0.1, 0.15) is 48.0 Å². The molecule has 18 heavy (non-hydrogen) atoms. The van der Waals surface area contributed by atoms with Gasteiger partial charge in [0.1, 0.15) is 0 Å². The minimum Gasteiger partial charge on any atom is -0.302 e. The number of ketones is 1. The summed E-state index contributed by atoms with van der Waals surface area (Å²) in [7, 11) is 0. The molecule has 3 nitrogen and oxygen atoms in total. The van der Waals surface area contributed by atoms with Crippen molar-refractivity contribution in [1.82, 2.24) is 0 Å². The topological polar surface area (TPSA) is 37.4 Å². The Morgan fingerprint density at radius 3 is 2.56 bits per heavy atom. The molecule has 1 aromatic carbocycles. The molecule has 94 valence electrons. The Bertz CT molecular complexity index is 515. The Morgan fingerprint density at radius 1 is 1.11 bits per heavy atom. The summed E-state index contributed by atoms with van der Waals surface area (Å²) in [6.07, 6.45) is 5.60. The molecule has 0 saturated heterocycles. The summed E-state index contributed by atoms with van der Waals surface area (Å²) in [5, 5.41) is 0. The first kappa shape index (κ1) is 11.5. The van der Waals surface area contributed by atoms with Crippen LogP contribution < -0.4 is 4.90 Å². The fourth-order valence-corrected chi connectivity index (χ4v) is 3.08. The largest absolute Gasteiger partial charge is 0.302 e. The second kappa shape index (κ2) is 4.23. The molecule has 0 atom stereocenters. The molecule has 0 aromatic heterocycles. The number of benzene rings is 1. The van der Waals surface area contributed by atoms with Crippen molar-refractivity contribution >= 4 is 17.4 Å². The van der Waals surface area contributed by atoms with Crippen molar-refractivity contribution in [3.8, 4) is 0 Å². The maximum atomic E-state index is 12.1. The minimum absolute atomic E-state index is 0.221. The standard InChI is InChI=1S/C15H17NO2/c1-10-7-8-13-12(9-10)14(17)15(18)16(13)11-5-3-2-4-6-11/h7-9,11H,2-6H2,1H3. The first-order valence-corrected chi connectivity index (χ1v) is 6.67. The molecule has 0 bridgehead atoms. The Balaban J connectivity index is 2.01. The lowest BCUT2D eigenvalue weighted by Crippen LogP contribution is -2.40. The molecule has 1 aliphatic heterocycles. The number of hydrogen-bond donors (Lipinski definition) is 0. The Labute approximate surface area is 107 Å². The number of carbonyl (C=O) groups is 2. The summed E-state index contributed by atoms with van der Waals surface area (Å²) in [5.41, 5.74) is 2.44. The highest BCUT2D eigenvalue weighted by Crippen LogP contribution is 2.35. The number of hydrogen-bond acceptors (Lipinski definition) is 2. The normalized spacial score (nSPS) is 20.4. The van der Waals surface area contributed by atoms with Crippen LogP contribution in [0.3, 0.4) is 0 Å². The third kappa shape index (κ3) is 1.65. The van der Waals surface area contributed by atoms with E-state index in [0.29, 0.717) is 5.56 Å². The Hall–Kier alpha value is -1.64. The van der Waals surface area contributed by atoms with Crippen LogP contribution in [0.5, 0.6) is 0 Å². The van der Waals surface area contributed by atoms with E-state index in [9.17, 15) is 9.59 Å². The first-order chi connectivity index (χ1) is 8.68. The van der Waals surface area contributed by atoms with E-state index < -0.39 is 0 Å². The number of carbonyl (C=O) groups excluding carboxylic acids is 2. The van der Waals surface area contributed by atoms with Crippen molar-refractivity contribution < 1.29 is 9.59 Å². The highest BCUT2D eigenvalue weighted by atomic mass is 16.2. The van der Waals surface area contributed by atoms with Gasteiger partial charge in [-0.15, -0.1) is 0 Å². The van der Waals surface area contributed by atoms with Gasteiger partial charge < -0.3 is 4.90 Å². The van der Waals surface area contributed by atoms with Crippen LogP contribution in [-0.2, 0) is 4.79 Å². The van der Waals surface area contributed by atoms with Crippen LogP contribution in [0, 0.1) is 6.92 Å². The van der Waals surface area contributed by atoms with Crippen molar-refractivity contribution in [2.45, 2.75) is 45.1 Å². The SMILES string of the molecule is Cc1ccc2c(c1)C(=O)C(=O)N2C1CCCCC1. The maximum Gasteiger partial charge on any atom is 0.299 e. The second-order valence-corrected chi connectivity index (χ2v) is 5.32. The average molecular weight is 243 g/mol. The van der Waals surface area contributed by atoms with Crippen LogP contribution in [0.25, 0.3) is 0 Å². The molecule has 0 spiro atoms. The lowest BCUT2D eigenvalue weighted by atomic mass is 9.94. The molecule has 3 heteroatoms. The average Bonchev–Trinajstić information content (AvgIpc) is 2.64. The molecule has 0 N–H and O–H groups in total. The van der Waals surface area contributed by atoms with Crippen LogP contribution in [-0.4, -0.2) is 17.7 Å². The van der Waals surface area contributed by atoms with Crippen molar-refractivity contribution in [2.24, 2.45) is 0 Å². The van der Waals surface area contributed by atoms with Gasteiger partial charge in [-0.1, -0.05) is 30.9 Å². The molecule has 0 radical (unpaired) electrons. The van der Waals surface area contributed by atoms with Gasteiger partial charge in [0, 0.05) is 6.04 Å². The molecule has 1 aliphatic carbocycles. The van der Waals surface area contributed by atoms with E-state index in [0.717, 1.165) is 36.9 Å². The van der Waals surface area contributed by atoms with Crippen LogP contribution >= 0.6 is 0 Å². The number of rotatable bonds is 1. The molecule has 2 aliphatic rings. The summed E-state index contributed by atoms with van der Waals surface area (Å²) >= 11 is 0. The molecule has 0 unspecified atom stereocenters. The maximum absolute atomic E-state index is 12.1. The van der Waals surface area contributed by atoms with E-state index >= 15 is 0 Å². The van der Waals surface area contributed by atoms with Crippen molar-refractivity contribution in [3.63, 3.8) is 0 Å². The number of aryl methyl sites for hydroxylation is 1. The lowest BCUT2D eigenvalue weighted by molar-refractivity contribution is -0.114. The fraction of sp³-hybridized carbons (Fsp3) is 0.467. The van der Waals surface area contributed by atoms with Crippen molar-refractivity contribution in [2.75, 3.05) is 4.90 Å². The molecule has 3 rings (SSSR count). The zero-order valence-electron chi connectivity index (χ0n) is 10.6. The number of Topliss-reactive ketones (excluding diaryl/α,β-unsaturated/α-hetero) is 1. The third-order valence-electron chi connectivity index (χ3n) is 4.01. The molecule has 1 heterocycles. The van der Waals surface area contributed by atoms with Gasteiger partial charge in [0.25, 0.3) is 11.7 Å². The lowest BCUT2D eigenvalue weighted by Gasteiger charge is -2.31. The van der Waals surface area contributed by atoms with Gasteiger partial charge in [0.2, 0.25) is 0 Å². The predicted molar refractivity (Wildman–Crippen MR) is 69.9 cm³/mol. The monoisotopic (exact) mass is 243 g/mol. The van der Waals surface area contributed by atoms with E-state index in [1.807, 2.05) is 25.1 Å². The molecular formula is C15H17NO2. The van der Waals surface area contributed by atoms with E-state index in [1.54, 1.807) is 4.90 Å². The highest BCUT2D eigenvalue weighted by Gasteiger charge is 2.39. The third-order valence-corrected chi connectivity index (χ3v) is 4.01. The van der Waals surface area contributed by atoms with Crippen molar-refractivity contribution in [1.29, 1.82) is 0 Å². The van der Waals surface area contributed by atoms with Gasteiger partial charge in [-0.25, -0.2) is 0 Å². The summed E-state index contributed by atoms with van der Waals surface area (Å²) in [6.45, 7) is 1.95. The number of nitrogens with zero attached hydrogens (tertiary/aromatic N) is 1. The Morgan fingerprint density at radius 2 is 1.83 bits per heavy atom. The molecule has 1 aromatic rings. The number of fused-ring (bicyclic) bond motifs is 1. The van der Waals surface area contributed by atoms with Gasteiger partial charge in [0.05, 0.1) is 11.3 Å². The predicted octanol–water partition coefficient (Wildman–Crippen LogP) is 2.86. The molecular weight excluding hydrogens is 226 g/mol. The zero-order chi connectivity index (χ0) is 12.7. The zero-order valence-corrected chi connectivity index (χ0v) is 10.6. The van der Waals surface area contributed by atoms with Crippen LogP contribution in [0.4, 0.5) is 5.69 Å². The summed E-state index contributed by atoms with van der Waals surface area (Å²) in [4.78, 5) is 25.9. The highest BCUT2D eigenvalue weighted by molar-refractivity contribution is 6.52. The van der Waals surface area contributed by atoms with E-state index in [4.69, 9.17) is 0 Å². The molecule has 1 fully saturated rings. The van der Waals surface area contributed by atoms with Crippen molar-refractivity contribution in [3.05, 3.63) is 29.3 Å². The quantitative estimate of drug-likeness (QED) is 0.711. The smallest absolute Gasteiger partial charge is 0.299 e. The molecule has 1 saturated carbocycles. The van der Waals surface area contributed by atoms with E-state index in [-0.39, 0.29) is 17.7 Å². The Kier molecular flexibility index (Phi) is 2.69. The van der Waals surface area contributed by atoms with E-state index in [1.165, 1.54) is 6.42 Å². The second-order valence-electron chi connectivity index (χ2n) is 5.32. The fourth-order valence-electron chi connectivity index (χ4n) is 3.08. The minimum atomic E-state index is -0.334. The molecule has 1 amide bonds. The van der Waals surface area contributed by atoms with Gasteiger partial charge in [0.15, 0.2) is 0 Å². The number of amides is 1. The van der Waals surface area contributed by atoms with Gasteiger partial charge in [-0.3, -0.25) is 9.59 Å². The van der Waals surface area contributed by atoms with Gasteiger partial charge in [-0.05, 0) is 31.9 Å². The summed E-state index contributed by atoms with van der Waals surface area (Å²) in [6, 6.07) is 5.94.